The van der Waals surface area contributed by atoms with Crippen LogP contribution >= 0.6 is 11.6 Å². The molecular weight excluding hydrogens is 380 g/mol. The van der Waals surface area contributed by atoms with Gasteiger partial charge in [-0.15, -0.1) is 0 Å². The number of nitrogens with zero attached hydrogens (tertiary/aromatic N) is 1. The van der Waals surface area contributed by atoms with Crippen molar-refractivity contribution in [3.63, 3.8) is 0 Å². The molecule has 0 atom stereocenters. The van der Waals surface area contributed by atoms with Crippen molar-refractivity contribution in [3.8, 4) is 17.0 Å². The van der Waals surface area contributed by atoms with Gasteiger partial charge in [0.2, 0.25) is 0 Å². The summed E-state index contributed by atoms with van der Waals surface area (Å²) >= 11 is 5.67. The molecule has 0 aliphatic rings. The molecule has 0 radical (unpaired) electrons. The van der Waals surface area contributed by atoms with Gasteiger partial charge in [0.25, 0.3) is 5.91 Å². The van der Waals surface area contributed by atoms with Crippen molar-refractivity contribution in [2.24, 2.45) is 5.73 Å². The summed E-state index contributed by atoms with van der Waals surface area (Å²) in [6.45, 7) is 4.48. The molecular formula is C18H16ClF2N3O3. The van der Waals surface area contributed by atoms with Crippen molar-refractivity contribution < 1.29 is 23.8 Å². The van der Waals surface area contributed by atoms with E-state index in [9.17, 15) is 18.7 Å². The average Bonchev–Trinajstić information content (AvgIpc) is 2.61. The first-order valence-corrected chi connectivity index (χ1v) is 7.95. The monoisotopic (exact) mass is 395 g/mol. The number of nitrogens with two attached hydrogens (primary N) is 1. The molecule has 1 heterocycles. The van der Waals surface area contributed by atoms with Gasteiger partial charge in [0.05, 0.1) is 23.6 Å². The van der Waals surface area contributed by atoms with Gasteiger partial charge in [-0.1, -0.05) is 18.2 Å². The first kappa shape index (κ1) is 20.3. The number of carbonyl (C=O) groups excluding carboxylic acids is 1. The summed E-state index contributed by atoms with van der Waals surface area (Å²) in [6.07, 6.45) is 0. The van der Waals surface area contributed by atoms with E-state index < -0.39 is 29.9 Å². The molecule has 142 valence electrons. The molecule has 2 aromatic rings. The van der Waals surface area contributed by atoms with E-state index in [1.54, 1.807) is 6.92 Å². The van der Waals surface area contributed by atoms with Crippen molar-refractivity contribution in [2.45, 2.75) is 13.5 Å². The van der Waals surface area contributed by atoms with E-state index in [2.05, 4.69) is 16.9 Å². The highest BCUT2D eigenvalue weighted by Gasteiger charge is 2.19. The minimum atomic E-state index is -0.888. The molecule has 27 heavy (non-hydrogen) atoms. The fraction of sp³-hybridized carbons (Fsp3) is 0.111. The largest absolute Gasteiger partial charge is 0.507 e. The molecule has 0 bridgehead atoms. The normalized spacial score (nSPS) is 11.7. The Bertz CT molecular complexity index is 957. The molecule has 5 N–H and O–H groups in total. The fourth-order valence-corrected chi connectivity index (χ4v) is 2.44. The topological polar surface area (TPSA) is 108 Å². The van der Waals surface area contributed by atoms with Gasteiger partial charge in [-0.3, -0.25) is 4.79 Å². The van der Waals surface area contributed by atoms with Gasteiger partial charge in [-0.05, 0) is 36.8 Å². The first-order chi connectivity index (χ1) is 12.6. The third kappa shape index (κ3) is 4.42. The summed E-state index contributed by atoms with van der Waals surface area (Å²) < 4.78 is 27.9. The summed E-state index contributed by atoms with van der Waals surface area (Å²) in [6, 6.07) is 3.96. The quantitative estimate of drug-likeness (QED) is 0.460. The number of amides is 1. The number of aromatic nitrogens is 1. The minimum Gasteiger partial charge on any atom is -0.507 e. The number of hydrogen-bond acceptors (Lipinski definition) is 5. The lowest BCUT2D eigenvalue weighted by Crippen LogP contribution is -2.25. The Morgan fingerprint density at radius 3 is 2.56 bits per heavy atom. The Hall–Kier alpha value is -2.97. The van der Waals surface area contributed by atoms with Gasteiger partial charge in [-0.2, -0.15) is 0 Å². The van der Waals surface area contributed by atoms with Crippen molar-refractivity contribution in [2.75, 3.05) is 0 Å². The molecule has 0 saturated carbocycles. The standard InChI is InChI=1S/C18H16ClF2N3O3/c1-8(2)16(17(19)22)24-18(27)10-5-12(21)9(6-15(10)26)13-4-3-11(20)14(7-25)23-13/h3-6,25-26H,1,7,22H2,2H3,(H,24,27)/b17-16+. The van der Waals surface area contributed by atoms with Crippen LogP contribution in [0, 0.1) is 11.6 Å². The Morgan fingerprint density at radius 1 is 1.33 bits per heavy atom. The third-order valence-electron chi connectivity index (χ3n) is 3.58. The number of aromatic hydroxyl groups is 1. The second kappa shape index (κ2) is 8.15. The van der Waals surface area contributed by atoms with E-state index in [-0.39, 0.29) is 33.4 Å². The highest BCUT2D eigenvalue weighted by molar-refractivity contribution is 6.29. The second-order valence-electron chi connectivity index (χ2n) is 5.59. The summed E-state index contributed by atoms with van der Waals surface area (Å²) in [4.78, 5) is 16.1. The molecule has 0 spiro atoms. The number of allylic oxidation sites excluding steroid dienone is 1. The number of pyridine rings is 1. The SMILES string of the molecule is C=C(C)/C(NC(=O)c1cc(F)c(-c2ccc(F)c(CO)n2)cc1O)=C(\N)Cl. The number of phenolic OH excluding ortho intramolecular Hbond substituents is 1. The van der Waals surface area contributed by atoms with Crippen molar-refractivity contribution in [1.29, 1.82) is 0 Å². The Morgan fingerprint density at radius 2 is 2.00 bits per heavy atom. The number of halogens is 3. The van der Waals surface area contributed by atoms with Gasteiger partial charge in [0.1, 0.15) is 28.2 Å². The number of phenols is 1. The van der Waals surface area contributed by atoms with Crippen molar-refractivity contribution in [3.05, 3.63) is 70.2 Å². The summed E-state index contributed by atoms with van der Waals surface area (Å²) in [5.74, 6) is -3.04. The van der Waals surface area contributed by atoms with Gasteiger partial charge in [0.15, 0.2) is 0 Å². The van der Waals surface area contributed by atoms with E-state index in [1.807, 2.05) is 0 Å². The van der Waals surface area contributed by atoms with Crippen LogP contribution in [0.3, 0.4) is 0 Å². The number of hydrogen-bond donors (Lipinski definition) is 4. The van der Waals surface area contributed by atoms with Gasteiger partial charge in [0, 0.05) is 5.56 Å². The van der Waals surface area contributed by atoms with Crippen LogP contribution in [-0.2, 0) is 6.61 Å². The lowest BCUT2D eigenvalue weighted by Gasteiger charge is -2.13. The van der Waals surface area contributed by atoms with E-state index in [0.29, 0.717) is 5.57 Å². The number of aliphatic hydroxyl groups is 1. The molecule has 1 amide bonds. The molecule has 1 aromatic heterocycles. The van der Waals surface area contributed by atoms with Crippen LogP contribution in [0.1, 0.15) is 23.0 Å². The molecule has 0 saturated heterocycles. The lowest BCUT2D eigenvalue weighted by molar-refractivity contribution is 0.0963. The fourth-order valence-electron chi connectivity index (χ4n) is 2.24. The van der Waals surface area contributed by atoms with Crippen LogP contribution in [0.2, 0.25) is 0 Å². The zero-order valence-electron chi connectivity index (χ0n) is 14.2. The predicted molar refractivity (Wildman–Crippen MR) is 96.5 cm³/mol. The molecule has 6 nitrogen and oxygen atoms in total. The van der Waals surface area contributed by atoms with Crippen LogP contribution in [-0.4, -0.2) is 21.1 Å². The van der Waals surface area contributed by atoms with Crippen LogP contribution in [0.15, 0.2) is 47.3 Å². The zero-order valence-corrected chi connectivity index (χ0v) is 14.9. The third-order valence-corrected chi connectivity index (χ3v) is 3.77. The van der Waals surface area contributed by atoms with Crippen molar-refractivity contribution >= 4 is 17.5 Å². The van der Waals surface area contributed by atoms with Crippen LogP contribution in [0.5, 0.6) is 5.75 Å². The maximum absolute atomic E-state index is 14.5. The average molecular weight is 396 g/mol. The molecule has 0 aliphatic carbocycles. The van der Waals surface area contributed by atoms with Crippen LogP contribution < -0.4 is 11.1 Å². The number of carbonyl (C=O) groups is 1. The Balaban J connectivity index is 2.44. The van der Waals surface area contributed by atoms with E-state index in [4.69, 9.17) is 22.4 Å². The molecule has 9 heteroatoms. The highest BCUT2D eigenvalue weighted by atomic mass is 35.5. The molecule has 0 aliphatic heterocycles. The molecule has 1 aromatic carbocycles. The van der Waals surface area contributed by atoms with E-state index >= 15 is 0 Å². The first-order valence-electron chi connectivity index (χ1n) is 7.57. The lowest BCUT2D eigenvalue weighted by atomic mass is 10.0. The molecule has 0 fully saturated rings. The Kier molecular flexibility index (Phi) is 6.14. The van der Waals surface area contributed by atoms with E-state index in [0.717, 1.165) is 18.2 Å². The number of benzene rings is 1. The smallest absolute Gasteiger partial charge is 0.259 e. The van der Waals surface area contributed by atoms with E-state index in [1.165, 1.54) is 6.07 Å². The molecule has 0 unspecified atom stereocenters. The summed E-state index contributed by atoms with van der Waals surface area (Å²) in [7, 11) is 0. The molecule has 2 rings (SSSR count). The van der Waals surface area contributed by atoms with Gasteiger partial charge >= 0.3 is 0 Å². The summed E-state index contributed by atoms with van der Waals surface area (Å²) in [5.41, 5.74) is 5.00. The number of aliphatic hydroxyl groups excluding tert-OH is 1. The predicted octanol–water partition coefficient (Wildman–Crippen LogP) is 2.90. The maximum Gasteiger partial charge on any atom is 0.259 e. The second-order valence-corrected chi connectivity index (χ2v) is 6.00. The maximum atomic E-state index is 14.5. The zero-order chi connectivity index (χ0) is 20.3. The number of nitrogens with one attached hydrogen (secondary N) is 1. The highest BCUT2D eigenvalue weighted by Crippen LogP contribution is 2.29. The van der Waals surface area contributed by atoms with Gasteiger partial charge < -0.3 is 21.3 Å². The van der Waals surface area contributed by atoms with Crippen molar-refractivity contribution in [1.82, 2.24) is 10.3 Å². The Labute approximate surface area is 158 Å². The van der Waals surface area contributed by atoms with Gasteiger partial charge in [-0.25, -0.2) is 13.8 Å². The minimum absolute atomic E-state index is 0.0206. The van der Waals surface area contributed by atoms with Crippen LogP contribution in [0.25, 0.3) is 11.3 Å². The van der Waals surface area contributed by atoms with Crippen LogP contribution in [0.4, 0.5) is 8.78 Å². The summed E-state index contributed by atoms with van der Waals surface area (Å²) in [5, 5.41) is 21.3. The number of rotatable bonds is 5.